The number of hydrogen-bond acceptors (Lipinski definition) is 5. The Bertz CT molecular complexity index is 835. The molecule has 1 aromatic heterocycles. The number of aromatic nitrogens is 3. The molecule has 1 aliphatic rings. The van der Waals surface area contributed by atoms with Gasteiger partial charge in [0.2, 0.25) is 4.77 Å². The first-order valence-electron chi connectivity index (χ1n) is 9.61. The summed E-state index contributed by atoms with van der Waals surface area (Å²) in [5.74, 6) is 3.25. The van der Waals surface area contributed by atoms with Gasteiger partial charge in [-0.05, 0) is 54.7 Å². The number of benzene rings is 1. The minimum absolute atomic E-state index is 0.421. The van der Waals surface area contributed by atoms with E-state index in [1.54, 1.807) is 18.0 Å². The molecule has 1 saturated carbocycles. The third-order valence-corrected chi connectivity index (χ3v) is 4.99. The Morgan fingerprint density at radius 2 is 2.07 bits per heavy atom. The van der Waals surface area contributed by atoms with E-state index in [1.165, 1.54) is 19.3 Å². The van der Waals surface area contributed by atoms with Crippen LogP contribution in [0, 0.1) is 10.7 Å². The maximum atomic E-state index is 5.81. The molecular weight excluding hydrogens is 360 g/mol. The first-order chi connectivity index (χ1) is 13.1. The molecule has 2 aromatic rings. The Morgan fingerprint density at radius 3 is 2.78 bits per heavy atom. The second kappa shape index (κ2) is 9.17. The first-order valence-corrected chi connectivity index (χ1v) is 10.0. The Balaban J connectivity index is 1.80. The monoisotopic (exact) mass is 388 g/mol. The van der Waals surface area contributed by atoms with Gasteiger partial charge in [0.15, 0.2) is 17.3 Å². The fourth-order valence-electron chi connectivity index (χ4n) is 3.31. The summed E-state index contributed by atoms with van der Waals surface area (Å²) >= 11 is 5.37. The van der Waals surface area contributed by atoms with Crippen molar-refractivity contribution in [2.45, 2.75) is 51.9 Å². The van der Waals surface area contributed by atoms with Gasteiger partial charge in [0.05, 0.1) is 19.9 Å². The van der Waals surface area contributed by atoms with Crippen LogP contribution in [0.5, 0.6) is 11.5 Å². The van der Waals surface area contributed by atoms with Crippen LogP contribution in [-0.4, -0.2) is 34.8 Å². The highest BCUT2D eigenvalue weighted by molar-refractivity contribution is 7.71. The molecule has 6 nitrogen and oxygen atoms in total. The molecule has 0 unspecified atom stereocenters. The third kappa shape index (κ3) is 4.97. The Morgan fingerprint density at radius 1 is 1.30 bits per heavy atom. The lowest BCUT2D eigenvalue weighted by molar-refractivity contribution is 0.257. The molecule has 27 heavy (non-hydrogen) atoms. The highest BCUT2D eigenvalue weighted by Gasteiger charge is 2.21. The molecule has 7 heteroatoms. The van der Waals surface area contributed by atoms with Crippen LogP contribution >= 0.6 is 12.2 Å². The van der Waals surface area contributed by atoms with Crippen molar-refractivity contribution < 1.29 is 9.47 Å². The van der Waals surface area contributed by atoms with Gasteiger partial charge in [0, 0.05) is 5.92 Å². The molecule has 3 rings (SSSR count). The van der Waals surface area contributed by atoms with Gasteiger partial charge < -0.3 is 9.47 Å². The van der Waals surface area contributed by atoms with E-state index < -0.39 is 0 Å². The Labute approximate surface area is 165 Å². The van der Waals surface area contributed by atoms with Crippen LogP contribution in [0.4, 0.5) is 0 Å². The minimum atomic E-state index is 0.421. The summed E-state index contributed by atoms with van der Waals surface area (Å²) in [5, 5.41) is 11.9. The van der Waals surface area contributed by atoms with Crippen LogP contribution in [0.3, 0.4) is 0 Å². The molecule has 1 aliphatic carbocycles. The van der Waals surface area contributed by atoms with Crippen molar-refractivity contribution >= 4 is 18.4 Å². The summed E-state index contributed by atoms with van der Waals surface area (Å²) in [4.78, 5) is 0. The second-order valence-corrected chi connectivity index (χ2v) is 7.78. The van der Waals surface area contributed by atoms with Crippen molar-refractivity contribution in [2.24, 2.45) is 11.0 Å². The molecule has 1 heterocycles. The molecular formula is C20H28N4O2S. The largest absolute Gasteiger partial charge is 0.493 e. The lowest BCUT2D eigenvalue weighted by atomic mass is 9.89. The van der Waals surface area contributed by atoms with E-state index in [4.69, 9.17) is 21.7 Å². The lowest BCUT2D eigenvalue weighted by Gasteiger charge is -2.19. The fourth-order valence-corrected chi connectivity index (χ4v) is 3.49. The molecule has 146 valence electrons. The molecule has 0 amide bonds. The summed E-state index contributed by atoms with van der Waals surface area (Å²) in [7, 11) is 1.64. The van der Waals surface area contributed by atoms with Gasteiger partial charge in [0.1, 0.15) is 0 Å². The van der Waals surface area contributed by atoms with E-state index in [2.05, 4.69) is 29.1 Å². The number of hydrogen-bond donors (Lipinski definition) is 1. The van der Waals surface area contributed by atoms with Crippen molar-refractivity contribution in [1.82, 2.24) is 14.9 Å². The average Bonchev–Trinajstić information content (AvgIpc) is 3.06. The number of nitrogens with one attached hydrogen (secondary N) is 1. The topological polar surface area (TPSA) is 64.4 Å². The van der Waals surface area contributed by atoms with E-state index in [0.717, 1.165) is 30.0 Å². The van der Waals surface area contributed by atoms with Crippen molar-refractivity contribution in [2.75, 3.05) is 13.7 Å². The third-order valence-electron chi connectivity index (χ3n) is 4.73. The molecule has 1 aromatic carbocycles. The highest BCUT2D eigenvalue weighted by Crippen LogP contribution is 2.31. The van der Waals surface area contributed by atoms with Crippen LogP contribution in [0.25, 0.3) is 0 Å². The first kappa shape index (κ1) is 19.6. The number of methoxy groups -OCH3 is 1. The van der Waals surface area contributed by atoms with Crippen LogP contribution in [0.15, 0.2) is 23.3 Å². The fraction of sp³-hybridized carbons (Fsp3) is 0.550. The van der Waals surface area contributed by atoms with Crippen molar-refractivity contribution in [3.63, 3.8) is 0 Å². The van der Waals surface area contributed by atoms with E-state index >= 15 is 0 Å². The molecule has 0 spiro atoms. The summed E-state index contributed by atoms with van der Waals surface area (Å²) in [6, 6.07) is 5.80. The van der Waals surface area contributed by atoms with Crippen molar-refractivity contribution in [3.05, 3.63) is 34.4 Å². The molecule has 0 radical (unpaired) electrons. The standard InChI is InChI=1S/C20H28N4O2S/c1-14(2)13-26-17-10-9-15(11-18(17)25-3)12-21-24-19(22-23-20(24)27)16-7-5-4-6-8-16/h9-12,14,16H,4-8,13H2,1-3H3,(H,23,27)/b21-12-. The van der Waals surface area contributed by atoms with Crippen LogP contribution in [-0.2, 0) is 0 Å². The molecule has 0 bridgehead atoms. The lowest BCUT2D eigenvalue weighted by Crippen LogP contribution is -2.10. The maximum Gasteiger partial charge on any atom is 0.216 e. The van der Waals surface area contributed by atoms with E-state index in [-0.39, 0.29) is 0 Å². The van der Waals surface area contributed by atoms with Crippen molar-refractivity contribution in [3.8, 4) is 11.5 Å². The zero-order chi connectivity index (χ0) is 19.2. The molecule has 1 fully saturated rings. The number of H-pyrrole nitrogens is 1. The second-order valence-electron chi connectivity index (χ2n) is 7.39. The summed E-state index contributed by atoms with van der Waals surface area (Å²) in [6.45, 7) is 4.89. The summed E-state index contributed by atoms with van der Waals surface area (Å²) in [5.41, 5.74) is 0.918. The van der Waals surface area contributed by atoms with Gasteiger partial charge in [-0.3, -0.25) is 5.10 Å². The van der Waals surface area contributed by atoms with Gasteiger partial charge in [-0.1, -0.05) is 33.1 Å². The van der Waals surface area contributed by atoms with E-state index in [0.29, 0.717) is 29.0 Å². The van der Waals surface area contributed by atoms with Gasteiger partial charge in [-0.15, -0.1) is 0 Å². The molecule has 0 atom stereocenters. The quantitative estimate of drug-likeness (QED) is 0.540. The smallest absolute Gasteiger partial charge is 0.216 e. The normalized spacial score (nSPS) is 15.6. The maximum absolute atomic E-state index is 5.81. The predicted octanol–water partition coefficient (Wildman–Crippen LogP) is 4.91. The van der Waals surface area contributed by atoms with Crippen LogP contribution in [0.1, 0.15) is 63.3 Å². The Hall–Kier alpha value is -2.15. The van der Waals surface area contributed by atoms with Gasteiger partial charge >= 0.3 is 0 Å². The number of aromatic amines is 1. The van der Waals surface area contributed by atoms with Gasteiger partial charge in [-0.25, -0.2) is 0 Å². The average molecular weight is 389 g/mol. The number of rotatable bonds is 7. The van der Waals surface area contributed by atoms with E-state index in [1.807, 2.05) is 18.2 Å². The van der Waals surface area contributed by atoms with Gasteiger partial charge in [0.25, 0.3) is 0 Å². The molecule has 1 N–H and O–H groups in total. The number of nitrogens with zero attached hydrogens (tertiary/aromatic N) is 3. The number of ether oxygens (including phenoxy) is 2. The predicted molar refractivity (Wildman–Crippen MR) is 110 cm³/mol. The van der Waals surface area contributed by atoms with Crippen LogP contribution in [0.2, 0.25) is 0 Å². The molecule has 0 saturated heterocycles. The highest BCUT2D eigenvalue weighted by atomic mass is 32.1. The zero-order valence-corrected chi connectivity index (χ0v) is 17.1. The van der Waals surface area contributed by atoms with Gasteiger partial charge in [-0.2, -0.15) is 14.9 Å². The minimum Gasteiger partial charge on any atom is -0.493 e. The summed E-state index contributed by atoms with van der Waals surface area (Å²) in [6.07, 6.45) is 7.85. The SMILES string of the molecule is COc1cc(/C=N\n2c(C3CCCCC3)n[nH]c2=S)ccc1OCC(C)C. The van der Waals surface area contributed by atoms with E-state index in [9.17, 15) is 0 Å². The Kier molecular flexibility index (Phi) is 6.66. The summed E-state index contributed by atoms with van der Waals surface area (Å²) < 4.78 is 13.5. The molecule has 0 aliphatic heterocycles. The zero-order valence-electron chi connectivity index (χ0n) is 16.3. The van der Waals surface area contributed by atoms with Crippen LogP contribution < -0.4 is 9.47 Å². The van der Waals surface area contributed by atoms with Crippen molar-refractivity contribution in [1.29, 1.82) is 0 Å².